The number of benzene rings is 1. The van der Waals surface area contributed by atoms with Crippen molar-refractivity contribution < 1.29 is 23.8 Å². The number of carbonyl (C=O) groups excluding carboxylic acids is 1. The highest BCUT2D eigenvalue weighted by Gasteiger charge is 2.31. The van der Waals surface area contributed by atoms with Crippen LogP contribution in [0, 0.1) is 5.82 Å². The Morgan fingerprint density at radius 2 is 2.17 bits per heavy atom. The number of anilines is 1. The summed E-state index contributed by atoms with van der Waals surface area (Å²) in [5, 5.41) is 12.6. The minimum atomic E-state index is -1.66. The van der Waals surface area contributed by atoms with Crippen LogP contribution in [0.4, 0.5) is 10.1 Å². The van der Waals surface area contributed by atoms with Crippen molar-refractivity contribution in [3.05, 3.63) is 24.0 Å². The van der Waals surface area contributed by atoms with Crippen LogP contribution in [0.25, 0.3) is 0 Å². The summed E-state index contributed by atoms with van der Waals surface area (Å²) in [5.41, 5.74) is -1.13. The van der Waals surface area contributed by atoms with Gasteiger partial charge in [-0.3, -0.25) is 0 Å². The summed E-state index contributed by atoms with van der Waals surface area (Å²) in [6.45, 7) is 1.26. The molecular weight excluding hydrogens is 241 g/mol. The zero-order chi connectivity index (χ0) is 13.8. The molecular formula is C12H16FNO4. The van der Waals surface area contributed by atoms with Crippen LogP contribution in [0.3, 0.4) is 0 Å². The van der Waals surface area contributed by atoms with Gasteiger partial charge in [0.25, 0.3) is 0 Å². The van der Waals surface area contributed by atoms with Gasteiger partial charge in [0.2, 0.25) is 0 Å². The molecule has 0 spiro atoms. The molecule has 0 fully saturated rings. The van der Waals surface area contributed by atoms with Gasteiger partial charge in [-0.15, -0.1) is 0 Å². The number of hydrogen-bond acceptors (Lipinski definition) is 5. The average molecular weight is 257 g/mol. The van der Waals surface area contributed by atoms with Gasteiger partial charge in [0.05, 0.1) is 20.8 Å². The molecule has 18 heavy (non-hydrogen) atoms. The Balaban J connectivity index is 2.72. The van der Waals surface area contributed by atoms with Crippen molar-refractivity contribution >= 4 is 11.7 Å². The van der Waals surface area contributed by atoms with Gasteiger partial charge < -0.3 is 19.9 Å². The third kappa shape index (κ3) is 3.33. The number of hydrogen-bond donors (Lipinski definition) is 2. The molecule has 100 valence electrons. The Bertz CT molecular complexity index is 434. The fourth-order valence-corrected chi connectivity index (χ4v) is 1.34. The van der Waals surface area contributed by atoms with E-state index in [4.69, 9.17) is 4.74 Å². The van der Waals surface area contributed by atoms with E-state index in [1.165, 1.54) is 39.3 Å². The van der Waals surface area contributed by atoms with Gasteiger partial charge in [-0.25, -0.2) is 9.18 Å². The molecule has 2 N–H and O–H groups in total. The Hall–Kier alpha value is -1.82. The third-order valence-corrected chi connectivity index (χ3v) is 2.41. The SMILES string of the molecule is COC(=O)C(C)(O)CNc1ccc(F)c(OC)c1. The molecule has 0 aliphatic heterocycles. The van der Waals surface area contributed by atoms with Crippen LogP contribution >= 0.6 is 0 Å². The van der Waals surface area contributed by atoms with Gasteiger partial charge in [-0.2, -0.15) is 0 Å². The van der Waals surface area contributed by atoms with Crippen LogP contribution in [0.1, 0.15) is 6.92 Å². The number of rotatable bonds is 5. The molecule has 1 aromatic rings. The van der Waals surface area contributed by atoms with Gasteiger partial charge in [0.1, 0.15) is 0 Å². The van der Waals surface area contributed by atoms with Crippen LogP contribution in [0.5, 0.6) is 5.75 Å². The topological polar surface area (TPSA) is 67.8 Å². The Labute approximate surface area is 105 Å². The minimum absolute atomic E-state index is 0.0611. The Kier molecular flexibility index (Phi) is 4.49. The lowest BCUT2D eigenvalue weighted by Gasteiger charge is -2.21. The highest BCUT2D eigenvalue weighted by Crippen LogP contribution is 2.22. The first-order valence-corrected chi connectivity index (χ1v) is 5.29. The first-order valence-electron chi connectivity index (χ1n) is 5.29. The molecule has 1 rings (SSSR count). The second-order valence-corrected chi connectivity index (χ2v) is 3.97. The van der Waals surface area contributed by atoms with Gasteiger partial charge >= 0.3 is 5.97 Å². The fraction of sp³-hybridized carbons (Fsp3) is 0.417. The normalized spacial score (nSPS) is 13.6. The summed E-state index contributed by atoms with van der Waals surface area (Å²) in [6.07, 6.45) is 0. The van der Waals surface area contributed by atoms with Crippen LogP contribution < -0.4 is 10.1 Å². The summed E-state index contributed by atoms with van der Waals surface area (Å²) in [4.78, 5) is 11.2. The van der Waals surface area contributed by atoms with E-state index in [-0.39, 0.29) is 12.3 Å². The highest BCUT2D eigenvalue weighted by molar-refractivity contribution is 5.79. The van der Waals surface area contributed by atoms with E-state index in [9.17, 15) is 14.3 Å². The first-order chi connectivity index (χ1) is 8.40. The van der Waals surface area contributed by atoms with Crippen molar-refractivity contribution in [1.29, 1.82) is 0 Å². The van der Waals surface area contributed by atoms with Gasteiger partial charge in [0, 0.05) is 11.8 Å². The maximum atomic E-state index is 13.2. The Morgan fingerprint density at radius 1 is 1.50 bits per heavy atom. The van der Waals surface area contributed by atoms with Gasteiger partial charge in [0.15, 0.2) is 17.2 Å². The number of ether oxygens (including phenoxy) is 2. The molecule has 0 amide bonds. The predicted molar refractivity (Wildman–Crippen MR) is 64.1 cm³/mol. The number of esters is 1. The lowest BCUT2D eigenvalue weighted by Crippen LogP contribution is -2.42. The van der Waals surface area contributed by atoms with Crippen molar-refractivity contribution in [3.8, 4) is 5.75 Å². The summed E-state index contributed by atoms with van der Waals surface area (Å²) in [5.74, 6) is -1.15. The van der Waals surface area contributed by atoms with Gasteiger partial charge in [-0.1, -0.05) is 0 Å². The molecule has 1 atom stereocenters. The Morgan fingerprint density at radius 3 is 2.72 bits per heavy atom. The summed E-state index contributed by atoms with van der Waals surface area (Å²) in [6, 6.07) is 4.14. The predicted octanol–water partition coefficient (Wildman–Crippen LogP) is 1.17. The van der Waals surface area contributed by atoms with E-state index in [0.29, 0.717) is 5.69 Å². The lowest BCUT2D eigenvalue weighted by molar-refractivity contribution is -0.158. The van der Waals surface area contributed by atoms with Crippen LogP contribution in [0.15, 0.2) is 18.2 Å². The molecule has 1 aromatic carbocycles. The molecule has 6 heteroatoms. The van der Waals surface area contributed by atoms with Crippen molar-refractivity contribution in [2.24, 2.45) is 0 Å². The lowest BCUT2D eigenvalue weighted by atomic mass is 10.1. The molecule has 0 saturated carbocycles. The van der Waals surface area contributed by atoms with E-state index in [0.717, 1.165) is 0 Å². The van der Waals surface area contributed by atoms with Crippen molar-refractivity contribution in [3.63, 3.8) is 0 Å². The van der Waals surface area contributed by atoms with E-state index in [2.05, 4.69) is 10.1 Å². The number of carbonyl (C=O) groups is 1. The van der Waals surface area contributed by atoms with E-state index < -0.39 is 17.4 Å². The van der Waals surface area contributed by atoms with E-state index in [1.807, 2.05) is 0 Å². The van der Waals surface area contributed by atoms with Gasteiger partial charge in [-0.05, 0) is 19.1 Å². The highest BCUT2D eigenvalue weighted by atomic mass is 19.1. The van der Waals surface area contributed by atoms with Crippen LogP contribution in [-0.2, 0) is 9.53 Å². The molecule has 0 saturated heterocycles. The zero-order valence-corrected chi connectivity index (χ0v) is 10.5. The van der Waals surface area contributed by atoms with Crippen molar-refractivity contribution in [2.75, 3.05) is 26.1 Å². The summed E-state index contributed by atoms with van der Waals surface area (Å²) in [7, 11) is 2.55. The first kappa shape index (κ1) is 14.2. The molecule has 1 unspecified atom stereocenters. The molecule has 0 aliphatic carbocycles. The quantitative estimate of drug-likeness (QED) is 0.775. The standard InChI is InChI=1S/C12H16FNO4/c1-12(16,11(15)18-3)7-14-8-4-5-9(13)10(6-8)17-2/h4-6,14,16H,7H2,1-3H3. The fourth-order valence-electron chi connectivity index (χ4n) is 1.34. The number of aliphatic hydroxyl groups is 1. The zero-order valence-electron chi connectivity index (χ0n) is 10.5. The summed E-state index contributed by atoms with van der Waals surface area (Å²) >= 11 is 0. The molecule has 0 radical (unpaired) electrons. The minimum Gasteiger partial charge on any atom is -0.494 e. The van der Waals surface area contributed by atoms with Crippen LogP contribution in [-0.4, -0.2) is 37.4 Å². The van der Waals surface area contributed by atoms with Crippen molar-refractivity contribution in [2.45, 2.75) is 12.5 Å². The smallest absolute Gasteiger partial charge is 0.339 e. The third-order valence-electron chi connectivity index (χ3n) is 2.41. The maximum Gasteiger partial charge on any atom is 0.339 e. The number of methoxy groups -OCH3 is 2. The second kappa shape index (κ2) is 5.68. The van der Waals surface area contributed by atoms with E-state index in [1.54, 1.807) is 0 Å². The van der Waals surface area contributed by atoms with Crippen LogP contribution in [0.2, 0.25) is 0 Å². The monoisotopic (exact) mass is 257 g/mol. The maximum absolute atomic E-state index is 13.2. The molecule has 0 aromatic heterocycles. The molecule has 0 heterocycles. The molecule has 5 nitrogen and oxygen atoms in total. The second-order valence-electron chi connectivity index (χ2n) is 3.97. The number of nitrogens with one attached hydrogen (secondary N) is 1. The van der Waals surface area contributed by atoms with E-state index >= 15 is 0 Å². The molecule has 0 aliphatic rings. The molecule has 0 bridgehead atoms. The number of halogens is 1. The van der Waals surface area contributed by atoms with Crippen molar-refractivity contribution in [1.82, 2.24) is 0 Å². The summed E-state index contributed by atoms with van der Waals surface area (Å²) < 4.78 is 22.4. The average Bonchev–Trinajstić information content (AvgIpc) is 2.36. The largest absolute Gasteiger partial charge is 0.494 e.